The molecule has 2 unspecified atom stereocenters. The van der Waals surface area contributed by atoms with Crippen molar-refractivity contribution in [2.45, 2.75) is 39.7 Å². The number of likely N-dealkylation sites (N-methyl/N-ethyl adjacent to an activating group) is 1. The van der Waals surface area contributed by atoms with Gasteiger partial charge in [0.1, 0.15) is 0 Å². The van der Waals surface area contributed by atoms with Gasteiger partial charge in [-0.1, -0.05) is 13.8 Å². The lowest BCUT2D eigenvalue weighted by molar-refractivity contribution is -0.141. The summed E-state index contributed by atoms with van der Waals surface area (Å²) in [5.74, 6) is -1.40. The second-order valence-electron chi connectivity index (χ2n) is 4.82. The molecule has 0 saturated carbocycles. The summed E-state index contributed by atoms with van der Waals surface area (Å²) in [4.78, 5) is 24.4. The fraction of sp³-hybridized carbons (Fsp3) is 0.846. The Balaban J connectivity index is 3.79. The molecule has 0 fully saturated rings. The monoisotopic (exact) mass is 273 g/mol. The number of rotatable bonds is 9. The molecule has 2 amide bonds. The number of amides is 2. The molecule has 0 radical (unpaired) electrons. The maximum atomic E-state index is 11.5. The molecule has 0 heterocycles. The summed E-state index contributed by atoms with van der Waals surface area (Å²) in [6.45, 7) is 7.55. The zero-order valence-corrected chi connectivity index (χ0v) is 12.4. The first-order valence-electron chi connectivity index (χ1n) is 6.87. The van der Waals surface area contributed by atoms with Crippen LogP contribution >= 0.6 is 0 Å². The molecule has 6 heteroatoms. The Morgan fingerprint density at radius 2 is 1.84 bits per heavy atom. The van der Waals surface area contributed by atoms with Gasteiger partial charge in [-0.3, -0.25) is 4.79 Å². The van der Waals surface area contributed by atoms with Crippen LogP contribution in [0.2, 0.25) is 0 Å². The topological polar surface area (TPSA) is 81.7 Å². The van der Waals surface area contributed by atoms with E-state index in [9.17, 15) is 9.59 Å². The van der Waals surface area contributed by atoms with Gasteiger partial charge in [0.15, 0.2) is 0 Å². The zero-order valence-electron chi connectivity index (χ0n) is 12.4. The van der Waals surface area contributed by atoms with Gasteiger partial charge in [-0.05, 0) is 26.8 Å². The van der Waals surface area contributed by atoms with Gasteiger partial charge in [-0.15, -0.1) is 0 Å². The van der Waals surface area contributed by atoms with Crippen molar-refractivity contribution in [2.24, 2.45) is 5.92 Å². The van der Waals surface area contributed by atoms with Gasteiger partial charge < -0.3 is 20.6 Å². The predicted molar refractivity (Wildman–Crippen MR) is 75.2 cm³/mol. The molecule has 0 aromatic heterocycles. The number of urea groups is 1. The minimum atomic E-state index is -0.876. The van der Waals surface area contributed by atoms with E-state index in [0.717, 1.165) is 13.0 Å². The van der Waals surface area contributed by atoms with E-state index in [1.165, 1.54) is 0 Å². The summed E-state index contributed by atoms with van der Waals surface area (Å²) in [7, 11) is 2.02. The summed E-state index contributed by atoms with van der Waals surface area (Å²) < 4.78 is 0. The Morgan fingerprint density at radius 1 is 1.21 bits per heavy atom. The van der Waals surface area contributed by atoms with Gasteiger partial charge in [0, 0.05) is 25.7 Å². The second-order valence-corrected chi connectivity index (χ2v) is 4.82. The first kappa shape index (κ1) is 17.7. The van der Waals surface area contributed by atoms with Crippen molar-refractivity contribution in [2.75, 3.05) is 26.7 Å². The molecule has 112 valence electrons. The first-order valence-corrected chi connectivity index (χ1v) is 6.87. The van der Waals surface area contributed by atoms with E-state index in [1.807, 2.05) is 7.05 Å². The predicted octanol–water partition coefficient (Wildman–Crippen LogP) is 1.13. The molecule has 0 aromatic carbocycles. The number of carbonyl (C=O) groups excluding carboxylic acids is 1. The lowest BCUT2D eigenvalue weighted by Crippen LogP contribution is -2.43. The van der Waals surface area contributed by atoms with E-state index < -0.39 is 11.9 Å². The largest absolute Gasteiger partial charge is 0.481 e. The number of nitrogens with zero attached hydrogens (tertiary/aromatic N) is 1. The molecule has 0 saturated heterocycles. The quantitative estimate of drug-likeness (QED) is 0.588. The molecule has 6 nitrogen and oxygen atoms in total. The molecule has 0 aliphatic carbocycles. The highest BCUT2D eigenvalue weighted by molar-refractivity contribution is 5.75. The minimum Gasteiger partial charge on any atom is -0.481 e. The van der Waals surface area contributed by atoms with Crippen LogP contribution in [0.4, 0.5) is 4.79 Å². The van der Waals surface area contributed by atoms with E-state index in [2.05, 4.69) is 29.4 Å². The van der Waals surface area contributed by atoms with Crippen LogP contribution in [-0.4, -0.2) is 54.7 Å². The van der Waals surface area contributed by atoms with Crippen LogP contribution < -0.4 is 10.6 Å². The van der Waals surface area contributed by atoms with Crippen LogP contribution in [-0.2, 0) is 4.79 Å². The number of carboxylic acids is 1. The smallest absolute Gasteiger partial charge is 0.314 e. The van der Waals surface area contributed by atoms with Crippen LogP contribution in [0.1, 0.15) is 33.6 Å². The van der Waals surface area contributed by atoms with Gasteiger partial charge in [0.2, 0.25) is 0 Å². The molecule has 19 heavy (non-hydrogen) atoms. The van der Waals surface area contributed by atoms with E-state index in [1.54, 1.807) is 6.92 Å². The Labute approximate surface area is 115 Å². The van der Waals surface area contributed by atoms with Crippen molar-refractivity contribution in [1.29, 1.82) is 0 Å². The molecule has 0 aliphatic heterocycles. The second kappa shape index (κ2) is 9.61. The summed E-state index contributed by atoms with van der Waals surface area (Å²) in [5, 5.41) is 14.2. The Kier molecular flexibility index (Phi) is 8.95. The minimum absolute atomic E-state index is 0.166. The van der Waals surface area contributed by atoms with Crippen LogP contribution in [0.3, 0.4) is 0 Å². The molecule has 3 N–H and O–H groups in total. The average molecular weight is 273 g/mol. The summed E-state index contributed by atoms with van der Waals surface area (Å²) in [5.41, 5.74) is 0. The third-order valence-electron chi connectivity index (χ3n) is 3.44. The van der Waals surface area contributed by atoms with Crippen LogP contribution in [0.15, 0.2) is 0 Å². The number of carbonyl (C=O) groups is 2. The summed E-state index contributed by atoms with van der Waals surface area (Å²) in [6.07, 6.45) is 1.58. The van der Waals surface area contributed by atoms with E-state index >= 15 is 0 Å². The number of carboxylic acid groups (broad SMARTS) is 1. The number of nitrogens with one attached hydrogen (secondary N) is 2. The van der Waals surface area contributed by atoms with Crippen molar-refractivity contribution in [3.63, 3.8) is 0 Å². The van der Waals surface area contributed by atoms with Gasteiger partial charge in [-0.25, -0.2) is 4.79 Å². The van der Waals surface area contributed by atoms with Gasteiger partial charge in [-0.2, -0.15) is 0 Å². The molecule has 0 aliphatic rings. The summed E-state index contributed by atoms with van der Waals surface area (Å²) in [6, 6.07) is 0.179. The first-order chi connectivity index (χ1) is 8.92. The van der Waals surface area contributed by atoms with Crippen LogP contribution in [0.5, 0.6) is 0 Å². The number of hydrogen-bond acceptors (Lipinski definition) is 3. The average Bonchev–Trinajstić information content (AvgIpc) is 2.37. The molecule has 0 bridgehead atoms. The molecular formula is C13H27N3O3. The maximum absolute atomic E-state index is 11.5. The highest BCUT2D eigenvalue weighted by atomic mass is 16.4. The van der Waals surface area contributed by atoms with Crippen LogP contribution in [0, 0.1) is 5.92 Å². The molecule has 0 rings (SSSR count). The van der Waals surface area contributed by atoms with Crippen LogP contribution in [0.25, 0.3) is 0 Å². The van der Waals surface area contributed by atoms with Gasteiger partial charge >= 0.3 is 12.0 Å². The van der Waals surface area contributed by atoms with Gasteiger partial charge in [0.25, 0.3) is 0 Å². The molecule has 0 spiro atoms. The Hall–Kier alpha value is -1.30. The Bertz CT molecular complexity index is 284. The highest BCUT2D eigenvalue weighted by Gasteiger charge is 2.15. The highest BCUT2D eigenvalue weighted by Crippen LogP contribution is 2.00. The number of aliphatic carboxylic acids is 1. The van der Waals surface area contributed by atoms with Crippen molar-refractivity contribution in [3.05, 3.63) is 0 Å². The Morgan fingerprint density at radius 3 is 2.32 bits per heavy atom. The standard InChI is InChI=1S/C13H27N3O3/c1-5-10(3)16(4)8-7-14-13(19)15-9-11(6-2)12(17)18/h10-11H,5-9H2,1-4H3,(H,17,18)(H2,14,15,19). The lowest BCUT2D eigenvalue weighted by atomic mass is 10.1. The molecular weight excluding hydrogens is 246 g/mol. The lowest BCUT2D eigenvalue weighted by Gasteiger charge is -2.23. The van der Waals surface area contributed by atoms with Crippen molar-refractivity contribution in [1.82, 2.24) is 15.5 Å². The maximum Gasteiger partial charge on any atom is 0.314 e. The third-order valence-corrected chi connectivity index (χ3v) is 3.44. The van der Waals surface area contributed by atoms with E-state index in [0.29, 0.717) is 19.0 Å². The van der Waals surface area contributed by atoms with Crippen molar-refractivity contribution >= 4 is 12.0 Å². The zero-order chi connectivity index (χ0) is 14.8. The van der Waals surface area contributed by atoms with E-state index in [4.69, 9.17) is 5.11 Å². The van der Waals surface area contributed by atoms with Gasteiger partial charge in [0.05, 0.1) is 5.92 Å². The fourth-order valence-electron chi connectivity index (χ4n) is 1.56. The van der Waals surface area contributed by atoms with E-state index in [-0.39, 0.29) is 12.6 Å². The third kappa shape index (κ3) is 7.66. The normalized spacial score (nSPS) is 13.9. The number of hydrogen-bond donors (Lipinski definition) is 3. The molecule has 2 atom stereocenters. The summed E-state index contributed by atoms with van der Waals surface area (Å²) >= 11 is 0. The SMILES string of the molecule is CCC(CNC(=O)NCCN(C)C(C)CC)C(=O)O. The van der Waals surface area contributed by atoms with Crippen molar-refractivity contribution < 1.29 is 14.7 Å². The molecule has 0 aromatic rings. The van der Waals surface area contributed by atoms with Crippen molar-refractivity contribution in [3.8, 4) is 0 Å². The fourth-order valence-corrected chi connectivity index (χ4v) is 1.56.